The van der Waals surface area contributed by atoms with E-state index in [1.54, 1.807) is 13.2 Å². The number of non-ortho nitro benzene ring substituents is 1. The normalized spacial score (nSPS) is 12.1. The Hall–Kier alpha value is -1.66. The van der Waals surface area contributed by atoms with E-state index in [9.17, 15) is 10.1 Å². The number of methoxy groups -OCH3 is 1. The molecule has 1 aromatic rings. The van der Waals surface area contributed by atoms with Crippen LogP contribution in [0.4, 0.5) is 5.69 Å². The number of aliphatic hydroxyl groups is 1. The highest BCUT2D eigenvalue weighted by atomic mass is 16.6. The third-order valence-corrected chi connectivity index (χ3v) is 3.46. The second-order valence-electron chi connectivity index (χ2n) is 5.05. The molecule has 1 aromatic carbocycles. The summed E-state index contributed by atoms with van der Waals surface area (Å²) >= 11 is 0. The Morgan fingerprint density at radius 3 is 2.76 bits per heavy atom. The predicted octanol–water partition coefficient (Wildman–Crippen LogP) is 2.49. The molecule has 1 rings (SSSR count). The fourth-order valence-corrected chi connectivity index (χ4v) is 2.37. The average Bonchev–Trinajstić information content (AvgIpc) is 2.47. The van der Waals surface area contributed by atoms with Gasteiger partial charge in [-0.25, -0.2) is 0 Å². The number of nitrogens with one attached hydrogen (secondary N) is 1. The number of hydrogen-bond donors (Lipinski definition) is 2. The molecule has 0 radical (unpaired) electrons. The number of ether oxygens (including phenoxy) is 1. The zero-order chi connectivity index (χ0) is 15.7. The molecule has 0 saturated heterocycles. The molecule has 0 aliphatic heterocycles. The summed E-state index contributed by atoms with van der Waals surface area (Å²) in [6, 6.07) is 4.59. The molecule has 0 bridgehead atoms. The van der Waals surface area contributed by atoms with Crippen LogP contribution in [0.3, 0.4) is 0 Å². The fourth-order valence-electron chi connectivity index (χ4n) is 2.37. The van der Waals surface area contributed by atoms with Gasteiger partial charge in [-0.2, -0.15) is 0 Å². The molecule has 118 valence electrons. The molecule has 6 heteroatoms. The topological polar surface area (TPSA) is 84.6 Å². The van der Waals surface area contributed by atoms with Gasteiger partial charge in [-0.15, -0.1) is 0 Å². The molecule has 0 aromatic heterocycles. The summed E-state index contributed by atoms with van der Waals surface area (Å²) < 4.78 is 5.23. The molecule has 0 aliphatic carbocycles. The summed E-state index contributed by atoms with van der Waals surface area (Å²) in [5.74, 6) is 1.06. The van der Waals surface area contributed by atoms with Crippen LogP contribution in [0.1, 0.15) is 31.7 Å². The summed E-state index contributed by atoms with van der Waals surface area (Å²) in [7, 11) is 1.55. The quantitative estimate of drug-likeness (QED) is 0.512. The van der Waals surface area contributed by atoms with Crippen LogP contribution in [0.25, 0.3) is 0 Å². The molecule has 0 saturated carbocycles. The van der Waals surface area contributed by atoms with Crippen molar-refractivity contribution in [2.24, 2.45) is 5.92 Å². The molecular weight excluding hydrogens is 272 g/mol. The second-order valence-corrected chi connectivity index (χ2v) is 5.05. The van der Waals surface area contributed by atoms with E-state index in [1.807, 2.05) is 0 Å². The summed E-state index contributed by atoms with van der Waals surface area (Å²) in [5.41, 5.74) is 0.832. The molecule has 0 fully saturated rings. The number of nitro benzene ring substituents is 1. The van der Waals surface area contributed by atoms with Crippen molar-refractivity contribution in [3.05, 3.63) is 33.9 Å². The predicted molar refractivity (Wildman–Crippen MR) is 81.5 cm³/mol. The Morgan fingerprint density at radius 2 is 2.19 bits per heavy atom. The smallest absolute Gasteiger partial charge is 0.270 e. The fraction of sp³-hybridized carbons (Fsp3) is 0.600. The number of hydrogen-bond acceptors (Lipinski definition) is 5. The molecule has 2 N–H and O–H groups in total. The minimum Gasteiger partial charge on any atom is -0.496 e. The molecule has 1 unspecified atom stereocenters. The molecule has 0 spiro atoms. The monoisotopic (exact) mass is 296 g/mol. The van der Waals surface area contributed by atoms with Crippen LogP contribution >= 0.6 is 0 Å². The van der Waals surface area contributed by atoms with Crippen LogP contribution in [-0.2, 0) is 6.54 Å². The van der Waals surface area contributed by atoms with E-state index >= 15 is 0 Å². The van der Waals surface area contributed by atoms with Gasteiger partial charge < -0.3 is 15.2 Å². The number of benzene rings is 1. The van der Waals surface area contributed by atoms with E-state index in [0.29, 0.717) is 18.2 Å². The summed E-state index contributed by atoms with van der Waals surface area (Å²) in [6.07, 6.45) is 2.90. The van der Waals surface area contributed by atoms with Crippen LogP contribution in [0, 0.1) is 16.0 Å². The van der Waals surface area contributed by atoms with Crippen molar-refractivity contribution in [1.29, 1.82) is 0 Å². The van der Waals surface area contributed by atoms with Gasteiger partial charge in [-0.1, -0.05) is 13.3 Å². The first-order valence-corrected chi connectivity index (χ1v) is 7.25. The van der Waals surface area contributed by atoms with Crippen LogP contribution in [0.5, 0.6) is 5.75 Å². The Labute approximate surface area is 125 Å². The van der Waals surface area contributed by atoms with Gasteiger partial charge in [-0.05, 0) is 31.4 Å². The highest BCUT2D eigenvalue weighted by Crippen LogP contribution is 2.24. The minimum atomic E-state index is -0.408. The SMILES string of the molecule is CCCC(CCO)CNCc1cc([N+](=O)[O-])ccc1OC. The maximum Gasteiger partial charge on any atom is 0.270 e. The highest BCUT2D eigenvalue weighted by Gasteiger charge is 2.12. The minimum absolute atomic E-state index is 0.0630. The van der Waals surface area contributed by atoms with E-state index < -0.39 is 4.92 Å². The molecule has 1 atom stereocenters. The van der Waals surface area contributed by atoms with Gasteiger partial charge in [0.1, 0.15) is 5.75 Å². The van der Waals surface area contributed by atoms with Crippen LogP contribution in [-0.4, -0.2) is 30.3 Å². The van der Waals surface area contributed by atoms with Crippen molar-refractivity contribution >= 4 is 5.69 Å². The largest absolute Gasteiger partial charge is 0.496 e. The van der Waals surface area contributed by atoms with Gasteiger partial charge in [0, 0.05) is 30.8 Å². The number of aliphatic hydroxyl groups excluding tert-OH is 1. The van der Waals surface area contributed by atoms with Crippen LogP contribution in [0.2, 0.25) is 0 Å². The van der Waals surface area contributed by atoms with Crippen molar-refractivity contribution in [2.75, 3.05) is 20.3 Å². The van der Waals surface area contributed by atoms with Crippen molar-refractivity contribution < 1.29 is 14.8 Å². The van der Waals surface area contributed by atoms with E-state index in [2.05, 4.69) is 12.2 Å². The van der Waals surface area contributed by atoms with Gasteiger partial charge in [0.2, 0.25) is 0 Å². The van der Waals surface area contributed by atoms with Gasteiger partial charge in [-0.3, -0.25) is 10.1 Å². The zero-order valence-corrected chi connectivity index (χ0v) is 12.7. The molecular formula is C15H24N2O4. The van der Waals surface area contributed by atoms with E-state index in [-0.39, 0.29) is 12.3 Å². The molecule has 0 heterocycles. The molecule has 0 aliphatic rings. The summed E-state index contributed by atoms with van der Waals surface area (Å²) in [4.78, 5) is 10.4. The zero-order valence-electron chi connectivity index (χ0n) is 12.7. The van der Waals surface area contributed by atoms with Gasteiger partial charge >= 0.3 is 0 Å². The average molecular weight is 296 g/mol. The van der Waals surface area contributed by atoms with Crippen LogP contribution < -0.4 is 10.1 Å². The lowest BCUT2D eigenvalue weighted by Crippen LogP contribution is -2.23. The number of rotatable bonds is 10. The van der Waals surface area contributed by atoms with Gasteiger partial charge in [0.05, 0.1) is 12.0 Å². The van der Waals surface area contributed by atoms with Crippen LogP contribution in [0.15, 0.2) is 18.2 Å². The third kappa shape index (κ3) is 5.69. The van der Waals surface area contributed by atoms with Crippen molar-refractivity contribution in [1.82, 2.24) is 5.32 Å². The first kappa shape index (κ1) is 17.4. The molecule has 6 nitrogen and oxygen atoms in total. The Balaban J connectivity index is 2.64. The molecule has 0 amide bonds. The number of nitrogens with zero attached hydrogens (tertiary/aromatic N) is 1. The van der Waals surface area contributed by atoms with Crippen molar-refractivity contribution in [3.8, 4) is 5.75 Å². The first-order chi connectivity index (χ1) is 10.1. The van der Waals surface area contributed by atoms with Crippen molar-refractivity contribution in [2.45, 2.75) is 32.7 Å². The standard InChI is InChI=1S/C15H24N2O4/c1-3-4-12(7-8-18)10-16-11-13-9-14(17(19)20)5-6-15(13)21-2/h5-6,9,12,16,18H,3-4,7-8,10-11H2,1-2H3. The lowest BCUT2D eigenvalue weighted by atomic mass is 10.00. The van der Waals surface area contributed by atoms with E-state index in [0.717, 1.165) is 31.4 Å². The Kier molecular flexibility index (Phi) is 7.71. The summed E-state index contributed by atoms with van der Waals surface area (Å²) in [6.45, 7) is 3.59. The first-order valence-electron chi connectivity index (χ1n) is 7.25. The van der Waals surface area contributed by atoms with Gasteiger partial charge in [0.15, 0.2) is 0 Å². The Morgan fingerprint density at radius 1 is 1.43 bits per heavy atom. The molecule has 21 heavy (non-hydrogen) atoms. The van der Waals surface area contributed by atoms with Crippen molar-refractivity contribution in [3.63, 3.8) is 0 Å². The van der Waals surface area contributed by atoms with E-state index in [4.69, 9.17) is 9.84 Å². The summed E-state index contributed by atoms with van der Waals surface area (Å²) in [5, 5.41) is 23.2. The van der Waals surface area contributed by atoms with Gasteiger partial charge in [0.25, 0.3) is 5.69 Å². The van der Waals surface area contributed by atoms with E-state index in [1.165, 1.54) is 12.1 Å². The lowest BCUT2D eigenvalue weighted by Gasteiger charge is -2.16. The second kappa shape index (κ2) is 9.31. The lowest BCUT2D eigenvalue weighted by molar-refractivity contribution is -0.384. The number of nitro groups is 1. The Bertz CT molecular complexity index is 445. The highest BCUT2D eigenvalue weighted by molar-refractivity contribution is 5.43. The third-order valence-electron chi connectivity index (χ3n) is 3.46. The maximum atomic E-state index is 10.8. The maximum absolute atomic E-state index is 10.8.